The third-order valence-electron chi connectivity index (χ3n) is 3.23. The van der Waals surface area contributed by atoms with Crippen LogP contribution in [0.3, 0.4) is 0 Å². The van der Waals surface area contributed by atoms with Crippen LogP contribution in [0.15, 0.2) is 22.7 Å². The van der Waals surface area contributed by atoms with Gasteiger partial charge in [0.1, 0.15) is 0 Å². The molecule has 1 saturated heterocycles. The SMILES string of the molecule is O=C(CC1CCSCC1)c1cc(Br)cc([N+](=O)[O-])c1. The molecule has 6 heteroatoms. The topological polar surface area (TPSA) is 60.2 Å². The molecule has 0 spiro atoms. The van der Waals surface area contributed by atoms with Gasteiger partial charge in [-0.05, 0) is 36.3 Å². The number of ketones is 1. The first-order valence-electron chi connectivity index (χ1n) is 6.12. The van der Waals surface area contributed by atoms with E-state index in [4.69, 9.17) is 0 Å². The lowest BCUT2D eigenvalue weighted by Crippen LogP contribution is -2.14. The molecule has 0 atom stereocenters. The molecule has 0 N–H and O–H groups in total. The predicted molar refractivity (Wildman–Crippen MR) is 79.8 cm³/mol. The Balaban J connectivity index is 2.11. The number of nitrogens with zero attached hydrogens (tertiary/aromatic N) is 1. The van der Waals surface area contributed by atoms with Crippen LogP contribution in [0.5, 0.6) is 0 Å². The van der Waals surface area contributed by atoms with Crippen LogP contribution in [-0.4, -0.2) is 22.2 Å². The Morgan fingerprint density at radius 1 is 1.37 bits per heavy atom. The summed E-state index contributed by atoms with van der Waals surface area (Å²) in [5, 5.41) is 10.8. The molecular formula is C13H14BrNO3S. The van der Waals surface area contributed by atoms with Crippen molar-refractivity contribution in [3.63, 3.8) is 0 Å². The lowest BCUT2D eigenvalue weighted by Gasteiger charge is -2.20. The highest BCUT2D eigenvalue weighted by Gasteiger charge is 2.20. The summed E-state index contributed by atoms with van der Waals surface area (Å²) in [4.78, 5) is 22.5. The molecule has 1 fully saturated rings. The molecule has 1 aromatic rings. The molecule has 0 aliphatic carbocycles. The van der Waals surface area contributed by atoms with Crippen molar-refractivity contribution >= 4 is 39.2 Å². The average molecular weight is 344 g/mol. The summed E-state index contributed by atoms with van der Waals surface area (Å²) in [5.74, 6) is 2.64. The Kier molecular flexibility index (Phi) is 4.99. The number of nitro benzene ring substituents is 1. The molecule has 0 amide bonds. The molecule has 102 valence electrons. The van der Waals surface area contributed by atoms with E-state index < -0.39 is 4.92 Å². The minimum atomic E-state index is -0.473. The van der Waals surface area contributed by atoms with Crippen molar-refractivity contribution in [2.75, 3.05) is 11.5 Å². The van der Waals surface area contributed by atoms with E-state index in [1.807, 2.05) is 11.8 Å². The molecule has 2 rings (SSSR count). The average Bonchev–Trinajstić information content (AvgIpc) is 2.39. The van der Waals surface area contributed by atoms with E-state index in [1.54, 1.807) is 6.07 Å². The molecule has 0 saturated carbocycles. The highest BCUT2D eigenvalue weighted by atomic mass is 79.9. The number of carbonyl (C=O) groups is 1. The fourth-order valence-electron chi connectivity index (χ4n) is 2.17. The number of nitro groups is 1. The van der Waals surface area contributed by atoms with Gasteiger partial charge in [-0.2, -0.15) is 11.8 Å². The third-order valence-corrected chi connectivity index (χ3v) is 4.74. The van der Waals surface area contributed by atoms with Crippen LogP contribution in [-0.2, 0) is 0 Å². The molecule has 1 aliphatic heterocycles. The van der Waals surface area contributed by atoms with Gasteiger partial charge in [0.25, 0.3) is 5.69 Å². The number of halogens is 1. The minimum Gasteiger partial charge on any atom is -0.294 e. The highest BCUT2D eigenvalue weighted by molar-refractivity contribution is 9.10. The monoisotopic (exact) mass is 343 g/mol. The second-order valence-electron chi connectivity index (χ2n) is 4.64. The largest absolute Gasteiger partial charge is 0.294 e. The molecule has 1 aliphatic rings. The summed E-state index contributed by atoms with van der Waals surface area (Å²) in [7, 11) is 0. The number of Topliss-reactive ketones (excluding diaryl/α,β-unsaturated/α-hetero) is 1. The zero-order chi connectivity index (χ0) is 13.8. The first kappa shape index (κ1) is 14.5. The van der Waals surface area contributed by atoms with Crippen LogP contribution in [0, 0.1) is 16.0 Å². The van der Waals surface area contributed by atoms with Crippen molar-refractivity contribution < 1.29 is 9.72 Å². The van der Waals surface area contributed by atoms with Gasteiger partial charge in [0, 0.05) is 28.6 Å². The fourth-order valence-corrected chi connectivity index (χ4v) is 3.86. The minimum absolute atomic E-state index is 0.00120. The summed E-state index contributed by atoms with van der Waals surface area (Å²) in [5.41, 5.74) is 0.385. The third kappa shape index (κ3) is 4.04. The van der Waals surface area contributed by atoms with Crippen molar-refractivity contribution in [1.82, 2.24) is 0 Å². The summed E-state index contributed by atoms with van der Waals surface area (Å²) in [6.45, 7) is 0. The summed E-state index contributed by atoms with van der Waals surface area (Å²) >= 11 is 5.14. The van der Waals surface area contributed by atoms with Crippen LogP contribution in [0.1, 0.15) is 29.6 Å². The first-order chi connectivity index (χ1) is 9.06. The van der Waals surface area contributed by atoms with Crippen LogP contribution in [0.4, 0.5) is 5.69 Å². The van der Waals surface area contributed by atoms with Crippen molar-refractivity contribution in [3.8, 4) is 0 Å². The molecule has 1 aromatic carbocycles. The lowest BCUT2D eigenvalue weighted by atomic mass is 9.93. The molecule has 4 nitrogen and oxygen atoms in total. The van der Waals surface area contributed by atoms with Crippen molar-refractivity contribution in [3.05, 3.63) is 38.3 Å². The van der Waals surface area contributed by atoms with Gasteiger partial charge < -0.3 is 0 Å². The summed E-state index contributed by atoms with van der Waals surface area (Å²) < 4.78 is 0.573. The van der Waals surface area contributed by atoms with Gasteiger partial charge in [-0.25, -0.2) is 0 Å². The number of hydrogen-bond donors (Lipinski definition) is 0. The van der Waals surface area contributed by atoms with Crippen LogP contribution >= 0.6 is 27.7 Å². The fraction of sp³-hybridized carbons (Fsp3) is 0.462. The number of non-ortho nitro benzene ring substituents is 1. The Labute approximate surface area is 124 Å². The van der Waals surface area contributed by atoms with Gasteiger partial charge in [-0.15, -0.1) is 0 Å². The van der Waals surface area contributed by atoms with Gasteiger partial charge >= 0.3 is 0 Å². The molecule has 0 aromatic heterocycles. The Hall–Kier alpha value is -0.880. The second kappa shape index (κ2) is 6.52. The molecule has 1 heterocycles. The number of rotatable bonds is 4. The molecule has 19 heavy (non-hydrogen) atoms. The lowest BCUT2D eigenvalue weighted by molar-refractivity contribution is -0.385. The maximum Gasteiger partial charge on any atom is 0.271 e. The predicted octanol–water partition coefficient (Wildman–Crippen LogP) is 4.07. The van der Waals surface area contributed by atoms with E-state index in [0.29, 0.717) is 22.4 Å². The Bertz CT molecular complexity index is 501. The van der Waals surface area contributed by atoms with E-state index in [-0.39, 0.29) is 11.5 Å². The number of carbonyl (C=O) groups excluding carboxylic acids is 1. The summed E-state index contributed by atoms with van der Waals surface area (Å²) in [6, 6.07) is 4.44. The maximum atomic E-state index is 12.2. The van der Waals surface area contributed by atoms with Crippen LogP contribution in [0.2, 0.25) is 0 Å². The molecule has 0 unspecified atom stereocenters. The van der Waals surface area contributed by atoms with Crippen LogP contribution < -0.4 is 0 Å². The van der Waals surface area contributed by atoms with E-state index in [0.717, 1.165) is 24.3 Å². The van der Waals surface area contributed by atoms with E-state index >= 15 is 0 Å². The number of thioether (sulfide) groups is 1. The Morgan fingerprint density at radius 2 is 2.05 bits per heavy atom. The van der Waals surface area contributed by atoms with Crippen molar-refractivity contribution in [2.45, 2.75) is 19.3 Å². The van der Waals surface area contributed by atoms with E-state index in [9.17, 15) is 14.9 Å². The molecule has 0 bridgehead atoms. The van der Waals surface area contributed by atoms with E-state index in [1.165, 1.54) is 12.1 Å². The standard InChI is InChI=1S/C13H14BrNO3S/c14-11-6-10(7-12(8-11)15(17)18)13(16)5-9-1-3-19-4-2-9/h6-9H,1-5H2. The second-order valence-corrected chi connectivity index (χ2v) is 6.78. The molecule has 0 radical (unpaired) electrons. The zero-order valence-corrected chi connectivity index (χ0v) is 12.7. The van der Waals surface area contributed by atoms with Gasteiger partial charge in [-0.3, -0.25) is 14.9 Å². The van der Waals surface area contributed by atoms with Crippen LogP contribution in [0.25, 0.3) is 0 Å². The quantitative estimate of drug-likeness (QED) is 0.469. The van der Waals surface area contributed by atoms with Gasteiger partial charge in [-0.1, -0.05) is 15.9 Å². The van der Waals surface area contributed by atoms with E-state index in [2.05, 4.69) is 15.9 Å². The maximum absolute atomic E-state index is 12.2. The van der Waals surface area contributed by atoms with Gasteiger partial charge in [0.05, 0.1) is 4.92 Å². The number of hydrogen-bond acceptors (Lipinski definition) is 4. The number of benzene rings is 1. The van der Waals surface area contributed by atoms with Gasteiger partial charge in [0.15, 0.2) is 5.78 Å². The smallest absolute Gasteiger partial charge is 0.271 e. The first-order valence-corrected chi connectivity index (χ1v) is 8.07. The molecular weight excluding hydrogens is 330 g/mol. The highest BCUT2D eigenvalue weighted by Crippen LogP contribution is 2.28. The zero-order valence-electron chi connectivity index (χ0n) is 10.3. The Morgan fingerprint density at radius 3 is 2.68 bits per heavy atom. The van der Waals surface area contributed by atoms with Crippen molar-refractivity contribution in [1.29, 1.82) is 0 Å². The van der Waals surface area contributed by atoms with Crippen molar-refractivity contribution in [2.24, 2.45) is 5.92 Å². The normalized spacial score (nSPS) is 16.3. The van der Waals surface area contributed by atoms with Gasteiger partial charge in [0.2, 0.25) is 0 Å². The summed E-state index contributed by atoms with van der Waals surface area (Å²) in [6.07, 6.45) is 2.62.